The third-order valence-corrected chi connectivity index (χ3v) is 5.53. The number of carbonyl (C=O) groups excluding carboxylic acids is 3. The number of carbonyl (C=O) groups is 4. The first-order valence-corrected chi connectivity index (χ1v) is 11.5. The average molecular weight is 498 g/mol. The van der Waals surface area contributed by atoms with E-state index in [-0.39, 0.29) is 30.3 Å². The Balaban J connectivity index is 3.62. The molecule has 0 bridgehead atoms. The second kappa shape index (κ2) is 13.5. The number of aliphatic carboxylic acids is 1. The molecule has 0 fully saturated rings. The number of hydrogen-bond donors (Lipinski definition) is 2. The molecule has 35 heavy (non-hydrogen) atoms. The highest BCUT2D eigenvalue weighted by molar-refractivity contribution is 5.83. The van der Waals surface area contributed by atoms with Crippen LogP contribution in [0.4, 0.5) is 9.59 Å². The molecule has 1 aromatic rings. The van der Waals surface area contributed by atoms with Gasteiger partial charge in [0.25, 0.3) is 5.72 Å². The summed E-state index contributed by atoms with van der Waals surface area (Å²) in [7, 11) is 0. The molecular formula is C24H35NO10. The van der Waals surface area contributed by atoms with Crippen LogP contribution in [-0.4, -0.2) is 48.3 Å². The van der Waals surface area contributed by atoms with E-state index in [1.54, 1.807) is 34.6 Å². The summed E-state index contributed by atoms with van der Waals surface area (Å²) in [5.41, 5.74) is 4.11. The largest absolute Gasteiger partial charge is 0.513 e. The average Bonchev–Trinajstić information content (AvgIpc) is 2.80. The SMILES string of the molecule is CCOC(=O)Oc1ccc(C([C@@H](C)CC)[C@](N)(OC(=O)[C@@H](C)CC)C(=O)O)cc1OC(=O)OCC. The third kappa shape index (κ3) is 7.84. The first-order valence-electron chi connectivity index (χ1n) is 11.5. The monoisotopic (exact) mass is 497 g/mol. The summed E-state index contributed by atoms with van der Waals surface area (Å²) >= 11 is 0. The van der Waals surface area contributed by atoms with Gasteiger partial charge in [0.2, 0.25) is 0 Å². The van der Waals surface area contributed by atoms with E-state index < -0.39 is 47.7 Å². The smallest absolute Gasteiger partial charge is 0.477 e. The highest BCUT2D eigenvalue weighted by Crippen LogP contribution is 2.41. The van der Waals surface area contributed by atoms with Gasteiger partial charge in [0.1, 0.15) is 0 Å². The van der Waals surface area contributed by atoms with E-state index >= 15 is 0 Å². The Morgan fingerprint density at radius 3 is 1.91 bits per heavy atom. The lowest BCUT2D eigenvalue weighted by Gasteiger charge is -2.37. The molecular weight excluding hydrogens is 462 g/mol. The molecule has 0 radical (unpaired) electrons. The maximum absolute atomic E-state index is 12.5. The van der Waals surface area contributed by atoms with Crippen molar-refractivity contribution < 1.29 is 48.0 Å². The lowest BCUT2D eigenvalue weighted by atomic mass is 9.77. The van der Waals surface area contributed by atoms with Gasteiger partial charge < -0.3 is 28.8 Å². The molecule has 3 N–H and O–H groups in total. The molecule has 196 valence electrons. The van der Waals surface area contributed by atoms with Crippen LogP contribution < -0.4 is 15.2 Å². The van der Waals surface area contributed by atoms with E-state index in [9.17, 15) is 24.3 Å². The molecule has 1 aromatic carbocycles. The van der Waals surface area contributed by atoms with Crippen molar-refractivity contribution >= 4 is 24.2 Å². The van der Waals surface area contributed by atoms with E-state index in [0.29, 0.717) is 12.8 Å². The number of esters is 1. The first-order chi connectivity index (χ1) is 16.4. The van der Waals surface area contributed by atoms with Gasteiger partial charge in [0.05, 0.1) is 25.0 Å². The molecule has 0 amide bonds. The van der Waals surface area contributed by atoms with Crippen LogP contribution in [-0.2, 0) is 23.8 Å². The Bertz CT molecular complexity index is 902. The van der Waals surface area contributed by atoms with Crippen LogP contribution in [0.15, 0.2) is 18.2 Å². The van der Waals surface area contributed by atoms with Gasteiger partial charge >= 0.3 is 24.2 Å². The predicted molar refractivity (Wildman–Crippen MR) is 124 cm³/mol. The van der Waals surface area contributed by atoms with Gasteiger partial charge in [-0.15, -0.1) is 0 Å². The zero-order valence-corrected chi connectivity index (χ0v) is 21.0. The third-order valence-electron chi connectivity index (χ3n) is 5.53. The molecule has 4 atom stereocenters. The van der Waals surface area contributed by atoms with E-state index in [1.807, 2.05) is 6.92 Å². The number of nitrogens with two attached hydrogens (primary N) is 1. The maximum atomic E-state index is 12.5. The fourth-order valence-electron chi connectivity index (χ4n) is 3.26. The van der Waals surface area contributed by atoms with Crippen molar-refractivity contribution in [3.63, 3.8) is 0 Å². The van der Waals surface area contributed by atoms with Crippen molar-refractivity contribution in [3.05, 3.63) is 23.8 Å². The second-order valence-corrected chi connectivity index (χ2v) is 7.97. The van der Waals surface area contributed by atoms with E-state index in [2.05, 4.69) is 0 Å². The van der Waals surface area contributed by atoms with Crippen molar-refractivity contribution in [1.29, 1.82) is 0 Å². The molecule has 0 heterocycles. The van der Waals surface area contributed by atoms with Gasteiger partial charge in [-0.2, -0.15) is 0 Å². The van der Waals surface area contributed by atoms with Crippen LogP contribution in [0.3, 0.4) is 0 Å². The van der Waals surface area contributed by atoms with Gasteiger partial charge in [0, 0.05) is 0 Å². The minimum atomic E-state index is -2.43. The van der Waals surface area contributed by atoms with Gasteiger partial charge in [-0.05, 0) is 43.9 Å². The van der Waals surface area contributed by atoms with Crippen molar-refractivity contribution in [1.82, 2.24) is 0 Å². The van der Waals surface area contributed by atoms with E-state index in [4.69, 9.17) is 29.4 Å². The van der Waals surface area contributed by atoms with Crippen LogP contribution in [0.2, 0.25) is 0 Å². The number of benzene rings is 1. The second-order valence-electron chi connectivity index (χ2n) is 7.97. The van der Waals surface area contributed by atoms with Gasteiger partial charge in [-0.1, -0.05) is 40.2 Å². The van der Waals surface area contributed by atoms with E-state index in [0.717, 1.165) is 0 Å². The first kappa shape index (κ1) is 29.7. The Kier molecular flexibility index (Phi) is 11.5. The summed E-state index contributed by atoms with van der Waals surface area (Å²) in [5, 5.41) is 10.0. The normalized spacial score (nSPS) is 15.1. The van der Waals surface area contributed by atoms with E-state index in [1.165, 1.54) is 18.2 Å². The summed E-state index contributed by atoms with van der Waals surface area (Å²) in [6, 6.07) is 4.05. The number of ether oxygens (including phenoxy) is 5. The lowest BCUT2D eigenvalue weighted by molar-refractivity contribution is -0.186. The fraction of sp³-hybridized carbons (Fsp3) is 0.583. The van der Waals surface area contributed by atoms with Crippen molar-refractivity contribution in [2.24, 2.45) is 17.6 Å². The number of carboxylic acids is 1. The minimum absolute atomic E-state index is 0.0264. The fourth-order valence-corrected chi connectivity index (χ4v) is 3.26. The molecule has 11 heteroatoms. The van der Waals surface area contributed by atoms with Crippen LogP contribution in [0, 0.1) is 11.8 Å². The Labute approximate surface area is 204 Å². The highest BCUT2D eigenvalue weighted by Gasteiger charge is 2.50. The van der Waals surface area contributed by atoms with Crippen LogP contribution in [0.1, 0.15) is 65.9 Å². The van der Waals surface area contributed by atoms with Crippen LogP contribution in [0.25, 0.3) is 0 Å². The van der Waals surface area contributed by atoms with Crippen LogP contribution in [0.5, 0.6) is 11.5 Å². The number of hydrogen-bond acceptors (Lipinski definition) is 10. The summed E-state index contributed by atoms with van der Waals surface area (Å²) in [5.74, 6) is -4.72. The van der Waals surface area contributed by atoms with Gasteiger partial charge in [-0.25, -0.2) is 14.4 Å². The molecule has 0 aliphatic heterocycles. The number of carboxylic acid groups (broad SMARTS) is 1. The zero-order valence-electron chi connectivity index (χ0n) is 21.0. The number of rotatable bonds is 12. The Morgan fingerprint density at radius 1 is 0.914 bits per heavy atom. The highest BCUT2D eigenvalue weighted by atomic mass is 16.7. The van der Waals surface area contributed by atoms with Gasteiger partial charge in [-0.3, -0.25) is 10.5 Å². The topological polar surface area (TPSA) is 161 Å². The molecule has 0 saturated heterocycles. The van der Waals surface area contributed by atoms with Gasteiger partial charge in [0.15, 0.2) is 11.5 Å². The molecule has 0 aliphatic rings. The summed E-state index contributed by atoms with van der Waals surface area (Å²) in [4.78, 5) is 48.7. The summed E-state index contributed by atoms with van der Waals surface area (Å²) in [6.45, 7) is 10.2. The quantitative estimate of drug-likeness (QED) is 0.184. The Hall–Kier alpha value is -3.34. The molecule has 0 spiro atoms. The maximum Gasteiger partial charge on any atom is 0.513 e. The van der Waals surface area contributed by atoms with Crippen LogP contribution >= 0.6 is 0 Å². The lowest BCUT2D eigenvalue weighted by Crippen LogP contribution is -2.58. The molecule has 1 unspecified atom stereocenters. The van der Waals surface area contributed by atoms with Crippen molar-refractivity contribution in [2.75, 3.05) is 13.2 Å². The standard InChI is InChI=1S/C24H35NO10/c1-7-14(5)19(24(25,21(27)28)35-20(26)15(6)8-2)16-11-12-17(33-22(29)31-9-3)18(13-16)34-23(30)32-10-4/h11-15,19H,7-10,25H2,1-6H3,(H,27,28)/t14-,15-,19?,24-/m0/s1. The molecule has 11 nitrogen and oxygen atoms in total. The minimum Gasteiger partial charge on any atom is -0.477 e. The Morgan fingerprint density at radius 2 is 1.46 bits per heavy atom. The molecule has 1 rings (SSSR count). The molecule has 0 aliphatic carbocycles. The van der Waals surface area contributed by atoms with Crippen molar-refractivity contribution in [2.45, 2.75) is 66.0 Å². The van der Waals surface area contributed by atoms with Crippen molar-refractivity contribution in [3.8, 4) is 11.5 Å². The predicted octanol–water partition coefficient (Wildman–Crippen LogP) is 4.22. The summed E-state index contributed by atoms with van der Waals surface area (Å²) in [6.07, 6.45) is -1.19. The zero-order chi connectivity index (χ0) is 26.8. The molecule has 0 aromatic heterocycles. The molecule has 0 saturated carbocycles. The summed E-state index contributed by atoms with van der Waals surface area (Å²) < 4.78 is 25.2.